The van der Waals surface area contributed by atoms with Crippen LogP contribution in [0.25, 0.3) is 17.2 Å². The lowest BCUT2D eigenvalue weighted by molar-refractivity contribution is -0.173. The van der Waals surface area contributed by atoms with Gasteiger partial charge in [0.05, 0.1) is 12.4 Å². The van der Waals surface area contributed by atoms with Crippen LogP contribution in [0.5, 0.6) is 0 Å². The third kappa shape index (κ3) is 7.29. The standard InChI is InChI=1S/C23H33F3N6O5/c1-4-14-17(33)18(36-12-8-6-5-7-10-27-22(35)23(24,25)26)21(37-14)32-13-28-16-19(32)29-15(30-20(16)34)9-11-31(2)3/h9,11,13-14,17-18,21,33H,4-8,10,12H2,1-3H3,(H,27,35)(H,29,30,34)/b11-9+/t14-,17+,18?,21-/m1/s1. The summed E-state index contributed by atoms with van der Waals surface area (Å²) >= 11 is 0. The van der Waals surface area contributed by atoms with Gasteiger partial charge in [0.2, 0.25) is 0 Å². The topological polar surface area (TPSA) is 135 Å². The lowest BCUT2D eigenvalue weighted by Gasteiger charge is -2.22. The highest BCUT2D eigenvalue weighted by molar-refractivity contribution is 5.81. The van der Waals surface area contributed by atoms with E-state index >= 15 is 0 Å². The number of unbranched alkanes of at least 4 members (excludes halogenated alkanes) is 3. The van der Waals surface area contributed by atoms with Crippen LogP contribution in [0.1, 0.15) is 51.1 Å². The van der Waals surface area contributed by atoms with Crippen molar-refractivity contribution in [2.24, 2.45) is 0 Å². The molecular formula is C23H33F3N6O5. The zero-order valence-corrected chi connectivity index (χ0v) is 21.0. The molecule has 1 amide bonds. The minimum Gasteiger partial charge on any atom is -0.388 e. The Kier molecular flexibility index (Phi) is 9.68. The quantitative estimate of drug-likeness (QED) is 0.355. The Bertz CT molecular complexity index is 1130. The number of nitrogens with one attached hydrogen (secondary N) is 2. The van der Waals surface area contributed by atoms with Gasteiger partial charge in [-0.2, -0.15) is 13.2 Å². The minimum atomic E-state index is -4.88. The van der Waals surface area contributed by atoms with E-state index in [4.69, 9.17) is 9.47 Å². The van der Waals surface area contributed by atoms with Crippen molar-refractivity contribution in [1.29, 1.82) is 0 Å². The first-order valence-corrected chi connectivity index (χ1v) is 12.1. The monoisotopic (exact) mass is 530 g/mol. The summed E-state index contributed by atoms with van der Waals surface area (Å²) in [6.45, 7) is 2.11. The molecule has 1 fully saturated rings. The molecule has 0 aliphatic carbocycles. The molecule has 1 aliphatic heterocycles. The van der Waals surface area contributed by atoms with Crippen molar-refractivity contribution in [3.05, 3.63) is 28.7 Å². The smallest absolute Gasteiger partial charge is 0.388 e. The zero-order valence-electron chi connectivity index (χ0n) is 21.0. The second-order valence-corrected chi connectivity index (χ2v) is 9.02. The first-order valence-electron chi connectivity index (χ1n) is 12.1. The van der Waals surface area contributed by atoms with Gasteiger partial charge in [-0.25, -0.2) is 9.97 Å². The Hall–Kier alpha value is -2.97. The highest BCUT2D eigenvalue weighted by atomic mass is 19.4. The first kappa shape index (κ1) is 28.6. The molecule has 2 aromatic heterocycles. The van der Waals surface area contributed by atoms with Crippen LogP contribution in [0, 0.1) is 0 Å². The van der Waals surface area contributed by atoms with E-state index in [1.54, 1.807) is 21.7 Å². The normalized spacial score (nSPS) is 22.2. The molecule has 0 spiro atoms. The van der Waals surface area contributed by atoms with Crippen LogP contribution in [-0.2, 0) is 14.3 Å². The summed E-state index contributed by atoms with van der Waals surface area (Å²) in [6.07, 6.45) is -0.133. The fourth-order valence-corrected chi connectivity index (χ4v) is 3.99. The van der Waals surface area contributed by atoms with Crippen LogP contribution >= 0.6 is 0 Å². The summed E-state index contributed by atoms with van der Waals surface area (Å²) < 4.78 is 50.2. The Morgan fingerprint density at radius 3 is 2.73 bits per heavy atom. The Morgan fingerprint density at radius 1 is 1.32 bits per heavy atom. The molecule has 1 saturated heterocycles. The fourth-order valence-electron chi connectivity index (χ4n) is 3.99. The van der Waals surface area contributed by atoms with Gasteiger partial charge in [0.1, 0.15) is 18.0 Å². The predicted octanol–water partition coefficient (Wildman–Crippen LogP) is 1.94. The van der Waals surface area contributed by atoms with Crippen LogP contribution in [0.4, 0.5) is 13.2 Å². The summed E-state index contributed by atoms with van der Waals surface area (Å²) in [5.74, 6) is -1.60. The van der Waals surface area contributed by atoms with Crippen molar-refractivity contribution in [3.63, 3.8) is 0 Å². The van der Waals surface area contributed by atoms with E-state index in [-0.39, 0.29) is 18.7 Å². The lowest BCUT2D eigenvalue weighted by Crippen LogP contribution is -2.37. The van der Waals surface area contributed by atoms with Gasteiger partial charge in [-0.05, 0) is 25.3 Å². The number of nitrogens with zero attached hydrogens (tertiary/aromatic N) is 4. The van der Waals surface area contributed by atoms with Crippen molar-refractivity contribution in [1.82, 2.24) is 29.7 Å². The van der Waals surface area contributed by atoms with E-state index < -0.39 is 42.2 Å². The Balaban J connectivity index is 1.62. The predicted molar refractivity (Wildman–Crippen MR) is 128 cm³/mol. The van der Waals surface area contributed by atoms with E-state index in [0.717, 1.165) is 0 Å². The summed E-state index contributed by atoms with van der Waals surface area (Å²) in [6, 6.07) is 0. The molecule has 3 N–H and O–H groups in total. The zero-order chi connectivity index (χ0) is 27.2. The number of imidazole rings is 1. The number of hydrogen-bond acceptors (Lipinski definition) is 8. The second-order valence-electron chi connectivity index (χ2n) is 9.02. The van der Waals surface area contributed by atoms with E-state index in [2.05, 4.69) is 15.0 Å². The number of alkyl halides is 3. The summed E-state index contributed by atoms with van der Waals surface area (Å²) in [4.78, 5) is 36.5. The van der Waals surface area contributed by atoms with Gasteiger partial charge in [-0.1, -0.05) is 19.8 Å². The molecule has 206 valence electrons. The molecular weight excluding hydrogens is 497 g/mol. The number of rotatable bonds is 12. The number of carbonyl (C=O) groups is 1. The molecule has 0 aromatic carbocycles. The maximum absolute atomic E-state index is 12.5. The lowest BCUT2D eigenvalue weighted by atomic mass is 10.1. The summed E-state index contributed by atoms with van der Waals surface area (Å²) in [5, 5.41) is 12.7. The maximum atomic E-state index is 12.5. The number of halogens is 3. The number of ether oxygens (including phenoxy) is 2. The number of fused-ring (bicyclic) bond motifs is 1. The molecule has 4 atom stereocenters. The Morgan fingerprint density at radius 2 is 2.05 bits per heavy atom. The van der Waals surface area contributed by atoms with Crippen LogP contribution in [0.15, 0.2) is 17.3 Å². The first-order chi connectivity index (χ1) is 17.5. The molecule has 0 saturated carbocycles. The van der Waals surface area contributed by atoms with Gasteiger partial charge < -0.3 is 29.8 Å². The average Bonchev–Trinajstić information content (AvgIpc) is 3.39. The van der Waals surface area contributed by atoms with Gasteiger partial charge in [-0.15, -0.1) is 0 Å². The number of aliphatic hydroxyl groups is 1. The summed E-state index contributed by atoms with van der Waals surface area (Å²) in [5.41, 5.74) is 0.0265. The average molecular weight is 531 g/mol. The highest BCUT2D eigenvalue weighted by Crippen LogP contribution is 2.34. The Labute approximate surface area is 211 Å². The van der Waals surface area contributed by atoms with Crippen molar-refractivity contribution in [2.45, 2.75) is 69.7 Å². The van der Waals surface area contributed by atoms with E-state index in [1.165, 1.54) is 6.33 Å². The van der Waals surface area contributed by atoms with E-state index in [9.17, 15) is 27.9 Å². The third-order valence-electron chi connectivity index (χ3n) is 5.89. The van der Waals surface area contributed by atoms with Crippen LogP contribution in [0.2, 0.25) is 0 Å². The molecule has 0 radical (unpaired) electrons. The highest BCUT2D eigenvalue weighted by Gasteiger charge is 2.45. The SMILES string of the molecule is CC[C@H]1O[C@@H](n2cnc3c(=O)[nH]c(/C=C/N(C)C)nc32)C(OCCCCCCNC(=O)C(F)(F)F)[C@H]1O. The van der Waals surface area contributed by atoms with Gasteiger partial charge in [0.15, 0.2) is 17.4 Å². The minimum absolute atomic E-state index is 0.0554. The van der Waals surface area contributed by atoms with Gasteiger partial charge in [0, 0.05) is 33.4 Å². The van der Waals surface area contributed by atoms with Crippen molar-refractivity contribution in [2.75, 3.05) is 27.2 Å². The third-order valence-corrected chi connectivity index (χ3v) is 5.89. The number of aromatic nitrogens is 4. The number of amides is 1. The molecule has 2 aromatic rings. The van der Waals surface area contributed by atoms with Crippen molar-refractivity contribution >= 4 is 23.1 Å². The fraction of sp³-hybridized carbons (Fsp3) is 0.652. The van der Waals surface area contributed by atoms with Gasteiger partial charge in [-0.3, -0.25) is 14.2 Å². The van der Waals surface area contributed by atoms with Gasteiger partial charge in [0.25, 0.3) is 5.56 Å². The molecule has 11 nitrogen and oxygen atoms in total. The van der Waals surface area contributed by atoms with Gasteiger partial charge >= 0.3 is 12.1 Å². The molecule has 3 heterocycles. The largest absolute Gasteiger partial charge is 0.471 e. The number of carbonyl (C=O) groups excluding carboxylic acids is 1. The van der Waals surface area contributed by atoms with Crippen molar-refractivity contribution < 1.29 is 32.5 Å². The second kappa shape index (κ2) is 12.5. The van der Waals surface area contributed by atoms with Crippen LogP contribution in [-0.4, -0.2) is 87.2 Å². The molecule has 1 unspecified atom stereocenters. The molecule has 1 aliphatic rings. The van der Waals surface area contributed by atoms with Crippen molar-refractivity contribution in [3.8, 4) is 0 Å². The number of aliphatic hydroxyl groups excluding tert-OH is 1. The van der Waals surface area contributed by atoms with E-state index in [1.807, 2.05) is 26.3 Å². The summed E-state index contributed by atoms with van der Waals surface area (Å²) in [7, 11) is 3.67. The molecule has 3 rings (SSSR count). The molecule has 37 heavy (non-hydrogen) atoms. The van der Waals surface area contributed by atoms with Crippen LogP contribution < -0.4 is 10.9 Å². The van der Waals surface area contributed by atoms with E-state index in [0.29, 0.717) is 43.6 Å². The van der Waals surface area contributed by atoms with Crippen LogP contribution in [0.3, 0.4) is 0 Å². The number of H-pyrrole nitrogens is 1. The molecule has 0 bridgehead atoms. The number of aromatic amines is 1. The maximum Gasteiger partial charge on any atom is 0.471 e. The number of hydrogen-bond donors (Lipinski definition) is 3. The molecule has 14 heteroatoms.